The number of carbonyl (C=O) groups excluding carboxylic acids is 1. The molecular weight excluding hydrogens is 245 g/mol. The number of rotatable bonds is 4. The van der Waals surface area contributed by atoms with Gasteiger partial charge in [-0.1, -0.05) is 0 Å². The van der Waals surface area contributed by atoms with E-state index < -0.39 is 22.8 Å². The number of halogens is 1. The van der Waals surface area contributed by atoms with E-state index >= 15 is 0 Å². The van der Waals surface area contributed by atoms with E-state index in [1.807, 2.05) is 0 Å². The summed E-state index contributed by atoms with van der Waals surface area (Å²) in [7, 11) is 1.18. The fraction of sp³-hybridized carbons (Fsp3) is 0.364. The van der Waals surface area contributed by atoms with Crippen LogP contribution in [0.25, 0.3) is 0 Å². The lowest BCUT2D eigenvalue weighted by atomic mass is 10.2. The minimum Gasteiger partial charge on any atom is -0.476 e. The quantitative estimate of drug-likeness (QED) is 0.468. The molecular formula is C11H12FNO5. The zero-order valence-corrected chi connectivity index (χ0v) is 10.1. The summed E-state index contributed by atoms with van der Waals surface area (Å²) in [4.78, 5) is 21.0. The standard InChI is InChI=1S/C11H12FNO5/c1-6-4-10(18-7(2)11(14)17-3)8(12)5-9(6)13(15)16/h4-5,7H,1-3H3/t7-/m1/s1. The molecule has 0 bridgehead atoms. The number of benzene rings is 1. The summed E-state index contributed by atoms with van der Waals surface area (Å²) in [5, 5.41) is 10.6. The first-order chi connectivity index (χ1) is 8.36. The van der Waals surface area contributed by atoms with E-state index in [2.05, 4.69) is 4.74 Å². The van der Waals surface area contributed by atoms with E-state index in [0.717, 1.165) is 6.07 Å². The number of hydrogen-bond acceptors (Lipinski definition) is 5. The van der Waals surface area contributed by atoms with Crippen molar-refractivity contribution in [1.29, 1.82) is 0 Å². The van der Waals surface area contributed by atoms with E-state index in [4.69, 9.17) is 4.74 Å². The Morgan fingerprint density at radius 1 is 1.50 bits per heavy atom. The van der Waals surface area contributed by atoms with Gasteiger partial charge >= 0.3 is 5.97 Å². The van der Waals surface area contributed by atoms with Crippen LogP contribution in [0.3, 0.4) is 0 Å². The van der Waals surface area contributed by atoms with Crippen molar-refractivity contribution in [2.45, 2.75) is 20.0 Å². The zero-order chi connectivity index (χ0) is 13.9. The lowest BCUT2D eigenvalue weighted by Gasteiger charge is -2.13. The predicted molar refractivity (Wildman–Crippen MR) is 59.9 cm³/mol. The number of ether oxygens (including phenoxy) is 2. The zero-order valence-electron chi connectivity index (χ0n) is 10.1. The molecule has 7 heteroatoms. The van der Waals surface area contributed by atoms with Gasteiger partial charge in [0, 0.05) is 5.56 Å². The molecule has 0 spiro atoms. The van der Waals surface area contributed by atoms with Gasteiger partial charge in [-0.25, -0.2) is 9.18 Å². The molecule has 0 aliphatic rings. The third-order valence-electron chi connectivity index (χ3n) is 2.28. The van der Waals surface area contributed by atoms with Crippen LogP contribution in [0.4, 0.5) is 10.1 Å². The van der Waals surface area contributed by atoms with Crippen LogP contribution in [0, 0.1) is 22.9 Å². The summed E-state index contributed by atoms with van der Waals surface area (Å²) in [6.45, 7) is 2.84. The van der Waals surface area contributed by atoms with Crippen LogP contribution in [-0.2, 0) is 9.53 Å². The summed E-state index contributed by atoms with van der Waals surface area (Å²) >= 11 is 0. The lowest BCUT2D eigenvalue weighted by molar-refractivity contribution is -0.385. The van der Waals surface area contributed by atoms with Crippen LogP contribution in [0.2, 0.25) is 0 Å². The Bertz CT molecular complexity index is 489. The minimum absolute atomic E-state index is 0.226. The molecule has 1 atom stereocenters. The molecule has 1 rings (SSSR count). The SMILES string of the molecule is COC(=O)[C@@H](C)Oc1cc(C)c([N+](=O)[O-])cc1F. The lowest BCUT2D eigenvalue weighted by Crippen LogP contribution is -2.25. The summed E-state index contributed by atoms with van der Waals surface area (Å²) < 4.78 is 23.0. The first-order valence-corrected chi connectivity index (χ1v) is 5.05. The van der Waals surface area contributed by atoms with Gasteiger partial charge in [0.15, 0.2) is 17.7 Å². The first-order valence-electron chi connectivity index (χ1n) is 5.05. The van der Waals surface area contributed by atoms with Gasteiger partial charge < -0.3 is 9.47 Å². The molecule has 98 valence electrons. The third kappa shape index (κ3) is 2.93. The van der Waals surface area contributed by atoms with Gasteiger partial charge in [0.05, 0.1) is 18.1 Å². The number of methoxy groups -OCH3 is 1. The number of hydrogen-bond donors (Lipinski definition) is 0. The highest BCUT2D eigenvalue weighted by molar-refractivity contribution is 5.74. The molecule has 0 heterocycles. The third-order valence-corrected chi connectivity index (χ3v) is 2.28. The Morgan fingerprint density at radius 2 is 2.11 bits per heavy atom. The number of nitrogens with zero attached hydrogens (tertiary/aromatic N) is 1. The number of carbonyl (C=O) groups is 1. The Kier molecular flexibility index (Phi) is 4.19. The largest absolute Gasteiger partial charge is 0.476 e. The van der Waals surface area contributed by atoms with Gasteiger partial charge in [-0.3, -0.25) is 10.1 Å². The Morgan fingerprint density at radius 3 is 2.61 bits per heavy atom. The Labute approximate surface area is 102 Å². The van der Waals surface area contributed by atoms with Crippen molar-refractivity contribution in [3.8, 4) is 5.75 Å². The topological polar surface area (TPSA) is 78.7 Å². The highest BCUT2D eigenvalue weighted by Crippen LogP contribution is 2.27. The van der Waals surface area contributed by atoms with Crippen LogP contribution in [0.1, 0.15) is 12.5 Å². The van der Waals surface area contributed by atoms with Crippen molar-refractivity contribution in [1.82, 2.24) is 0 Å². The summed E-state index contributed by atoms with van der Waals surface area (Å²) in [5.41, 5.74) is -0.0981. The molecule has 0 aliphatic heterocycles. The van der Waals surface area contributed by atoms with Crippen molar-refractivity contribution in [2.75, 3.05) is 7.11 Å². The summed E-state index contributed by atoms with van der Waals surface area (Å²) in [6, 6.07) is 1.93. The molecule has 6 nitrogen and oxygen atoms in total. The van der Waals surface area contributed by atoms with E-state index in [0.29, 0.717) is 0 Å². The van der Waals surface area contributed by atoms with Crippen molar-refractivity contribution < 1.29 is 23.6 Å². The molecule has 0 amide bonds. The Hall–Kier alpha value is -2.18. The van der Waals surface area contributed by atoms with E-state index in [1.165, 1.54) is 27.0 Å². The Balaban J connectivity index is 3.02. The molecule has 18 heavy (non-hydrogen) atoms. The summed E-state index contributed by atoms with van der Waals surface area (Å²) in [6.07, 6.45) is -0.995. The fourth-order valence-electron chi connectivity index (χ4n) is 1.34. The van der Waals surface area contributed by atoms with E-state index in [-0.39, 0.29) is 17.0 Å². The van der Waals surface area contributed by atoms with Crippen molar-refractivity contribution in [3.63, 3.8) is 0 Å². The second-order valence-corrected chi connectivity index (χ2v) is 3.61. The van der Waals surface area contributed by atoms with Crippen LogP contribution in [0.15, 0.2) is 12.1 Å². The van der Waals surface area contributed by atoms with Crippen molar-refractivity contribution in [2.24, 2.45) is 0 Å². The molecule has 0 aliphatic carbocycles. The highest BCUT2D eigenvalue weighted by atomic mass is 19.1. The van der Waals surface area contributed by atoms with Crippen molar-refractivity contribution in [3.05, 3.63) is 33.6 Å². The minimum atomic E-state index is -0.995. The molecule has 1 aromatic carbocycles. The molecule has 0 unspecified atom stereocenters. The maximum atomic E-state index is 13.5. The second-order valence-electron chi connectivity index (χ2n) is 3.61. The maximum absolute atomic E-state index is 13.5. The van der Waals surface area contributed by atoms with E-state index in [1.54, 1.807) is 0 Å². The predicted octanol–water partition coefficient (Wildman–Crippen LogP) is 1.98. The van der Waals surface area contributed by atoms with Crippen LogP contribution < -0.4 is 4.74 Å². The second kappa shape index (κ2) is 5.44. The summed E-state index contributed by atoms with van der Waals surface area (Å²) in [5.74, 6) is -1.79. The molecule has 1 aromatic rings. The average molecular weight is 257 g/mol. The normalized spacial score (nSPS) is 11.8. The molecule has 0 fully saturated rings. The molecule has 0 radical (unpaired) electrons. The van der Waals surface area contributed by atoms with Gasteiger partial charge in [0.25, 0.3) is 5.69 Å². The van der Waals surface area contributed by atoms with Crippen LogP contribution >= 0.6 is 0 Å². The fourth-order valence-corrected chi connectivity index (χ4v) is 1.34. The van der Waals surface area contributed by atoms with Gasteiger partial charge in [0.2, 0.25) is 0 Å². The molecule has 0 aromatic heterocycles. The monoisotopic (exact) mass is 257 g/mol. The first kappa shape index (κ1) is 13.9. The van der Waals surface area contributed by atoms with Gasteiger partial charge in [0.1, 0.15) is 0 Å². The molecule has 0 saturated carbocycles. The molecule has 0 saturated heterocycles. The number of nitro benzene ring substituents is 1. The van der Waals surface area contributed by atoms with E-state index in [9.17, 15) is 19.3 Å². The van der Waals surface area contributed by atoms with Crippen LogP contribution in [-0.4, -0.2) is 24.1 Å². The smallest absolute Gasteiger partial charge is 0.346 e. The van der Waals surface area contributed by atoms with Gasteiger partial charge in [-0.2, -0.15) is 0 Å². The van der Waals surface area contributed by atoms with Gasteiger partial charge in [-0.05, 0) is 19.9 Å². The number of nitro groups is 1. The maximum Gasteiger partial charge on any atom is 0.346 e. The number of esters is 1. The van der Waals surface area contributed by atoms with Crippen molar-refractivity contribution >= 4 is 11.7 Å². The highest BCUT2D eigenvalue weighted by Gasteiger charge is 2.20. The number of aryl methyl sites for hydroxylation is 1. The average Bonchev–Trinajstić information content (AvgIpc) is 2.31. The molecule has 0 N–H and O–H groups in total. The van der Waals surface area contributed by atoms with Gasteiger partial charge in [-0.15, -0.1) is 0 Å². The van der Waals surface area contributed by atoms with Crippen LogP contribution in [0.5, 0.6) is 5.75 Å².